The van der Waals surface area contributed by atoms with Crippen molar-refractivity contribution in [3.05, 3.63) is 35.4 Å². The Bertz CT molecular complexity index is 1030. The van der Waals surface area contributed by atoms with Crippen molar-refractivity contribution in [1.29, 1.82) is 0 Å². The first-order valence-electron chi connectivity index (χ1n) is 8.78. The molecule has 3 heterocycles. The third-order valence-electron chi connectivity index (χ3n) is 4.47. The van der Waals surface area contributed by atoms with Crippen LogP contribution in [-0.4, -0.2) is 36.9 Å². The Kier molecular flexibility index (Phi) is 4.14. The lowest BCUT2D eigenvalue weighted by Gasteiger charge is -2.08. The first-order chi connectivity index (χ1) is 12.9. The van der Waals surface area contributed by atoms with Gasteiger partial charge in [0.25, 0.3) is 11.6 Å². The fraction of sp³-hybridized carbons (Fsp3) is 0.389. The molecular formula is C18H19N5O4. The second kappa shape index (κ2) is 6.49. The van der Waals surface area contributed by atoms with E-state index in [1.165, 1.54) is 17.1 Å². The number of amides is 1. The first-order valence-corrected chi connectivity index (χ1v) is 8.78. The van der Waals surface area contributed by atoms with Crippen molar-refractivity contribution in [1.82, 2.24) is 19.9 Å². The molecule has 9 nitrogen and oxygen atoms in total. The monoisotopic (exact) mass is 369 g/mol. The molecule has 4 rings (SSSR count). The largest absolute Gasteiger partial charge is 0.480 e. The van der Waals surface area contributed by atoms with Crippen LogP contribution in [0, 0.1) is 0 Å². The molecule has 0 radical (unpaired) electrons. The summed E-state index contributed by atoms with van der Waals surface area (Å²) >= 11 is 0. The molecule has 2 N–H and O–H groups in total. The van der Waals surface area contributed by atoms with E-state index < -0.39 is 5.97 Å². The average Bonchev–Trinajstić information content (AvgIpc) is 3.23. The van der Waals surface area contributed by atoms with Gasteiger partial charge < -0.3 is 14.9 Å². The minimum absolute atomic E-state index is 0.0738. The van der Waals surface area contributed by atoms with Crippen LogP contribution >= 0.6 is 0 Å². The van der Waals surface area contributed by atoms with Gasteiger partial charge in [0.15, 0.2) is 0 Å². The second-order valence-corrected chi connectivity index (χ2v) is 7.05. The van der Waals surface area contributed by atoms with Gasteiger partial charge in [-0.1, -0.05) is 19.0 Å². The maximum atomic E-state index is 13.0. The van der Waals surface area contributed by atoms with E-state index in [2.05, 4.69) is 20.6 Å². The fourth-order valence-corrected chi connectivity index (χ4v) is 3.01. The minimum Gasteiger partial charge on any atom is -0.480 e. The molecule has 0 spiro atoms. The van der Waals surface area contributed by atoms with E-state index in [1.54, 1.807) is 6.07 Å². The van der Waals surface area contributed by atoms with Crippen molar-refractivity contribution in [3.8, 4) is 0 Å². The summed E-state index contributed by atoms with van der Waals surface area (Å²) in [5.74, 6) is -0.909. The van der Waals surface area contributed by atoms with Crippen molar-refractivity contribution < 1.29 is 19.2 Å². The lowest BCUT2D eigenvalue weighted by atomic mass is 10.0. The number of nitrogens with zero attached hydrogens (tertiary/aromatic N) is 4. The molecule has 1 fully saturated rings. The van der Waals surface area contributed by atoms with Gasteiger partial charge in [-0.3, -0.25) is 14.3 Å². The molecule has 0 aromatic carbocycles. The fourth-order valence-electron chi connectivity index (χ4n) is 3.01. The predicted octanol–water partition coefficient (Wildman–Crippen LogP) is 2.76. The van der Waals surface area contributed by atoms with Gasteiger partial charge in [0.05, 0.1) is 28.5 Å². The third-order valence-corrected chi connectivity index (χ3v) is 4.47. The average molecular weight is 369 g/mol. The number of rotatable bonds is 6. The standard InChI is InChI=1S/C18H19N5O4/c1-9(2)16-15-12(5-13(10-3-4-10)21-18(15)27-22-16)17(26)20-11-6-19-23(7-11)8-14(24)25/h5-7,9-10H,3-4,8H2,1-2H3,(H,20,26)(H,24,25). The van der Waals surface area contributed by atoms with E-state index in [9.17, 15) is 9.59 Å². The van der Waals surface area contributed by atoms with Crippen molar-refractivity contribution in [2.75, 3.05) is 5.32 Å². The highest BCUT2D eigenvalue weighted by molar-refractivity contribution is 6.12. The predicted molar refractivity (Wildman–Crippen MR) is 95.7 cm³/mol. The summed E-state index contributed by atoms with van der Waals surface area (Å²) in [5, 5.41) is 20.3. The number of hydrogen-bond donors (Lipinski definition) is 2. The Balaban J connectivity index is 1.70. The second-order valence-electron chi connectivity index (χ2n) is 7.05. The van der Waals surface area contributed by atoms with Gasteiger partial charge >= 0.3 is 5.97 Å². The molecule has 3 aromatic heterocycles. The number of carbonyl (C=O) groups excluding carboxylic acids is 1. The number of hydrogen-bond acceptors (Lipinski definition) is 6. The molecule has 9 heteroatoms. The van der Waals surface area contributed by atoms with Crippen molar-refractivity contribution in [2.45, 2.75) is 45.1 Å². The van der Waals surface area contributed by atoms with Crippen molar-refractivity contribution in [2.24, 2.45) is 0 Å². The van der Waals surface area contributed by atoms with Crippen LogP contribution in [0.15, 0.2) is 23.0 Å². The summed E-state index contributed by atoms with van der Waals surface area (Å²) in [7, 11) is 0. The number of aromatic nitrogens is 4. The lowest BCUT2D eigenvalue weighted by Crippen LogP contribution is -2.14. The van der Waals surface area contributed by atoms with Crippen LogP contribution in [0.5, 0.6) is 0 Å². The molecule has 0 atom stereocenters. The van der Waals surface area contributed by atoms with E-state index >= 15 is 0 Å². The molecule has 0 bridgehead atoms. The van der Waals surface area contributed by atoms with Gasteiger partial charge in [-0.15, -0.1) is 0 Å². The molecule has 1 aliphatic rings. The zero-order valence-corrected chi connectivity index (χ0v) is 15.0. The van der Waals surface area contributed by atoms with E-state index in [4.69, 9.17) is 9.63 Å². The molecular weight excluding hydrogens is 350 g/mol. The summed E-state index contributed by atoms with van der Waals surface area (Å²) in [5.41, 5.74) is 2.77. The molecule has 0 unspecified atom stereocenters. The number of nitrogens with one attached hydrogen (secondary N) is 1. The highest BCUT2D eigenvalue weighted by Crippen LogP contribution is 2.41. The van der Waals surface area contributed by atoms with Gasteiger partial charge in [0.1, 0.15) is 6.54 Å². The summed E-state index contributed by atoms with van der Waals surface area (Å²) in [6.07, 6.45) is 4.99. The van der Waals surface area contributed by atoms with Crippen LogP contribution in [-0.2, 0) is 11.3 Å². The molecule has 27 heavy (non-hydrogen) atoms. The highest BCUT2D eigenvalue weighted by Gasteiger charge is 2.29. The smallest absolute Gasteiger partial charge is 0.325 e. The number of fused-ring (bicyclic) bond motifs is 1. The zero-order chi connectivity index (χ0) is 19.1. The Morgan fingerprint density at radius 2 is 2.19 bits per heavy atom. The number of carbonyl (C=O) groups is 2. The summed E-state index contributed by atoms with van der Waals surface area (Å²) in [6, 6.07) is 1.81. The van der Waals surface area contributed by atoms with Crippen LogP contribution in [0.4, 0.5) is 5.69 Å². The molecule has 0 aliphatic heterocycles. The Morgan fingerprint density at radius 1 is 1.41 bits per heavy atom. The Labute approximate surface area is 154 Å². The van der Waals surface area contributed by atoms with Gasteiger partial charge in [-0.25, -0.2) is 4.98 Å². The SMILES string of the molecule is CC(C)c1noc2nc(C3CC3)cc(C(=O)Nc3cnn(CC(=O)O)c3)c12. The van der Waals surface area contributed by atoms with Crippen LogP contribution in [0.25, 0.3) is 11.1 Å². The molecule has 0 saturated heterocycles. The van der Waals surface area contributed by atoms with Crippen molar-refractivity contribution in [3.63, 3.8) is 0 Å². The van der Waals surface area contributed by atoms with Crippen LogP contribution in [0.1, 0.15) is 60.3 Å². The maximum Gasteiger partial charge on any atom is 0.325 e. The van der Waals surface area contributed by atoms with E-state index in [0.717, 1.165) is 18.5 Å². The van der Waals surface area contributed by atoms with Crippen molar-refractivity contribution >= 4 is 28.7 Å². The van der Waals surface area contributed by atoms with Gasteiger partial charge in [0, 0.05) is 17.8 Å². The molecule has 140 valence electrons. The number of carboxylic acids is 1. The Hall–Kier alpha value is -3.23. The van der Waals surface area contributed by atoms with Crippen LogP contribution in [0.2, 0.25) is 0 Å². The quantitative estimate of drug-likeness (QED) is 0.685. The normalized spacial score (nSPS) is 14.0. The lowest BCUT2D eigenvalue weighted by molar-refractivity contribution is -0.137. The molecule has 1 amide bonds. The number of carboxylic acid groups (broad SMARTS) is 1. The third kappa shape index (κ3) is 3.40. The van der Waals surface area contributed by atoms with Gasteiger partial charge in [-0.2, -0.15) is 5.10 Å². The first kappa shape index (κ1) is 17.2. The molecule has 1 saturated carbocycles. The van der Waals surface area contributed by atoms with Gasteiger partial charge in [-0.05, 0) is 24.8 Å². The van der Waals surface area contributed by atoms with E-state index in [1.807, 2.05) is 13.8 Å². The highest BCUT2D eigenvalue weighted by atomic mass is 16.5. The van der Waals surface area contributed by atoms with Crippen LogP contribution < -0.4 is 5.32 Å². The zero-order valence-electron chi connectivity index (χ0n) is 15.0. The molecule has 3 aromatic rings. The van der Waals surface area contributed by atoms with Gasteiger partial charge in [0.2, 0.25) is 0 Å². The van der Waals surface area contributed by atoms with Crippen LogP contribution in [0.3, 0.4) is 0 Å². The number of pyridine rings is 1. The molecule has 1 aliphatic carbocycles. The summed E-state index contributed by atoms with van der Waals surface area (Å²) < 4.78 is 6.64. The van der Waals surface area contributed by atoms with E-state index in [0.29, 0.717) is 34.0 Å². The topological polar surface area (TPSA) is 123 Å². The summed E-state index contributed by atoms with van der Waals surface area (Å²) in [4.78, 5) is 28.3. The van der Waals surface area contributed by atoms with E-state index in [-0.39, 0.29) is 18.4 Å². The summed E-state index contributed by atoms with van der Waals surface area (Å²) in [6.45, 7) is 3.68. The Morgan fingerprint density at radius 3 is 2.85 bits per heavy atom. The minimum atomic E-state index is -1.01. The number of aliphatic carboxylic acids is 1. The number of anilines is 1. The maximum absolute atomic E-state index is 13.0.